The Morgan fingerprint density at radius 2 is 0.709 bits per heavy atom. The number of esters is 3. The Hall–Kier alpha value is -10.2. The molecule has 0 spiro atoms. The lowest BCUT2D eigenvalue weighted by Gasteiger charge is -2.14. The highest BCUT2D eigenvalue weighted by molar-refractivity contribution is 8.00. The van der Waals surface area contributed by atoms with E-state index in [-0.39, 0.29) is 96.9 Å². The van der Waals surface area contributed by atoms with Gasteiger partial charge < -0.3 is 25.5 Å². The van der Waals surface area contributed by atoms with Crippen LogP contribution in [-0.2, 0) is 77.5 Å². The highest BCUT2D eigenvalue weighted by Crippen LogP contribution is 2.41. The minimum Gasteiger partial charge on any atom is -1.00 e. The number of benzene rings is 6. The molecule has 6 saturated carbocycles. The van der Waals surface area contributed by atoms with Crippen LogP contribution in [0.25, 0.3) is 10.3 Å². The van der Waals surface area contributed by atoms with Gasteiger partial charge in [-0.15, -0.1) is 23.5 Å². The third kappa shape index (κ3) is 28.9. The molecule has 2 N–H and O–H groups in total. The Bertz CT molecular complexity index is 5680. The van der Waals surface area contributed by atoms with Gasteiger partial charge in [-0.25, -0.2) is 62.8 Å². The Kier molecular flexibility index (Phi) is 38.6. The summed E-state index contributed by atoms with van der Waals surface area (Å²) in [4.78, 5) is 94.6. The van der Waals surface area contributed by atoms with Crippen LogP contribution < -0.4 is 10.1 Å². The van der Waals surface area contributed by atoms with E-state index in [0.717, 1.165) is 113 Å². The molecule has 127 heavy (non-hydrogen) atoms. The molecule has 688 valence electrons. The number of hydrogen-bond acceptors (Lipinski definition) is 30. The monoisotopic (exact) mass is 1880 g/mol. The number of aromatic nitrogens is 2. The number of thiazole rings is 1. The van der Waals surface area contributed by atoms with E-state index >= 15 is 0 Å². The molecule has 36 heteroatoms. The number of thioether (sulfide) groups is 2. The molecule has 0 unspecified atom stereocenters. The van der Waals surface area contributed by atoms with Gasteiger partial charge in [0.25, 0.3) is 17.5 Å². The number of carboxylic acid groups (broad SMARTS) is 1. The van der Waals surface area contributed by atoms with Crippen molar-refractivity contribution in [1.29, 1.82) is 0 Å². The summed E-state index contributed by atoms with van der Waals surface area (Å²) in [5.41, 5.74) is 3.09. The van der Waals surface area contributed by atoms with E-state index < -0.39 is 80.7 Å². The molecule has 6 aromatic carbocycles. The van der Waals surface area contributed by atoms with Crippen molar-refractivity contribution in [3.63, 3.8) is 0 Å². The summed E-state index contributed by atoms with van der Waals surface area (Å²) in [6.45, 7) is 4.69. The predicted octanol–water partition coefficient (Wildman–Crippen LogP) is 15.7. The number of nitrogens with zero attached hydrogens (tertiary/aromatic N) is 8. The molecule has 0 bridgehead atoms. The fourth-order valence-electron chi connectivity index (χ4n) is 12.6. The molecule has 3 aliphatic heterocycles. The quantitative estimate of drug-likeness (QED) is 0.0159. The summed E-state index contributed by atoms with van der Waals surface area (Å²) in [7, 11) is -7.85. The molecule has 0 atom stereocenters. The smallest absolute Gasteiger partial charge is 0.379 e. The lowest BCUT2D eigenvalue weighted by Crippen LogP contribution is -2.27. The molecule has 17 rings (SSSR count). The number of hydrogen-bond donors (Lipinski definition) is 2. The molecule has 9 fully saturated rings. The summed E-state index contributed by atoms with van der Waals surface area (Å²) in [5.74, 6) is -4.72. The summed E-state index contributed by atoms with van der Waals surface area (Å²) in [5, 5.41) is 31.8. The lowest BCUT2D eigenvalue weighted by molar-refractivity contribution is -0.135. The minimum atomic E-state index is -3.30. The number of carboxylic acids is 1. The van der Waals surface area contributed by atoms with E-state index in [4.69, 9.17) is 9.47 Å². The van der Waals surface area contributed by atoms with E-state index in [2.05, 4.69) is 70.4 Å². The second-order valence-corrected chi connectivity index (χ2v) is 42.6. The van der Waals surface area contributed by atoms with Crippen LogP contribution >= 0.6 is 34.9 Å². The zero-order valence-corrected chi connectivity index (χ0v) is 73.4. The Morgan fingerprint density at radius 3 is 1.04 bits per heavy atom. The van der Waals surface area contributed by atoms with Gasteiger partial charge >= 0.3 is 23.9 Å². The van der Waals surface area contributed by atoms with Crippen LogP contribution in [0.15, 0.2) is 208 Å². The van der Waals surface area contributed by atoms with Crippen LogP contribution in [-0.4, -0.2) is 221 Å². The number of hydrazone groups is 3. The molecule has 9 aliphatic rings. The largest absolute Gasteiger partial charge is 1.00 e. The second-order valence-electron chi connectivity index (χ2n) is 30.0. The first-order valence-electron chi connectivity index (χ1n) is 40.1. The average molecular weight is 1880 g/mol. The third-order valence-electron chi connectivity index (χ3n) is 20.3. The van der Waals surface area contributed by atoms with Crippen molar-refractivity contribution in [2.24, 2.45) is 15.3 Å². The number of pyridine rings is 1. The van der Waals surface area contributed by atoms with Gasteiger partial charge in [0.1, 0.15) is 10.3 Å². The molecule has 3 saturated heterocycles. The maximum Gasteiger partial charge on any atom is 0.379 e. The van der Waals surface area contributed by atoms with Crippen LogP contribution in [0.4, 0.5) is 5.13 Å². The van der Waals surface area contributed by atoms with E-state index in [0.29, 0.717) is 87.0 Å². The highest BCUT2D eigenvalue weighted by Gasteiger charge is 2.41. The highest BCUT2D eigenvalue weighted by atomic mass is 32.2. The predicted molar refractivity (Wildman–Crippen MR) is 499 cm³/mol. The van der Waals surface area contributed by atoms with E-state index in [9.17, 15) is 72.3 Å². The van der Waals surface area contributed by atoms with Crippen molar-refractivity contribution in [1.82, 2.24) is 25.0 Å². The van der Waals surface area contributed by atoms with Crippen molar-refractivity contribution in [2.45, 2.75) is 214 Å². The van der Waals surface area contributed by atoms with Crippen LogP contribution in [0, 0.1) is 0 Å². The number of ketones is 2. The fraction of sp³-hybridized carbons (Fsp3) is 0.429. The SMILES string of the molecule is C.C.C.C.C.COC(=O)C(=NN1CCCC1)c1ccc(S(=O)(=O)C2CC2)cc1.COC(=O)C(=O)c1ccc(S(=O)(=O)C2CC2)cc1.COC(=O)C(=O)c1ccc(SC2CC2)cc1.COc1ccc2nc(NC(=O)/C(=N/N3CCCC3)c3ccc(S(=O)(=O)C4CC4)cc3)sc2n1.O=C(O)/C(=N/N1CCCC1)c1ccc(S(=O)(=O)C2CC2)cc1.[2H-].c1ccc(SC2CC2)cc1. The van der Waals surface area contributed by atoms with Gasteiger partial charge in [-0.2, -0.15) is 15.3 Å². The number of nitrogens with one attached hydrogen (secondary N) is 1. The molecular weight excluding hydrogens is 1760 g/mol. The first-order valence-corrected chi connectivity index (χ1v) is 48.9. The molecule has 6 aliphatic carbocycles. The normalized spacial score (nSPS) is 16.5. The molecule has 0 radical (unpaired) electrons. The first-order chi connectivity index (χ1) is 58.6. The van der Waals surface area contributed by atoms with Crippen LogP contribution in [0.1, 0.15) is 192 Å². The molecule has 1 amide bonds. The number of anilines is 1. The standard InChI is InChI=1S/C22H23N5O4S2.C16H20N2O4S.C15H18N2O4S.C12H12O5S.C12H12O3S.C9H10S.5CH4.H/c1-31-18-11-10-17-21(24-18)32-22(23-17)25-20(28)19(26-27-12-2-3-13-27)14-4-6-15(7-5-14)33(29,30)16-8-9-16;1-22-16(19)15(17-18-10-2-3-11-18)12-4-6-13(7-5-12)23(20,21)14-8-9-14;18-15(19)14(16-17-9-1-2-10-17)11-3-5-12(6-4-11)22(20,21)13-7-8-13;1-17-12(14)11(13)8-2-4-9(5-3-8)18(15,16)10-6-7-10;1-15-12(14)11(13)8-2-4-9(5-3-8)16-10-6-7-10;1-2-4-8(5-3-1)10-9-6-7-9;;;;;;/h4-7,10-11,16H,2-3,8-9,12-13H2,1H3,(H,23,25,28);4-7,14H,2-3,8-11H2,1H3;3-6,13H,1-2,7-10H2,(H,18,19);2-5,10H,6-7H2,1H3;2-5,10H,6-7H2,1H3;1-5,9H,6-7H2;5*1H4;/q;;;;;;;;;;;-1/b26-19+;;16-14+;;;;;;;;;/i;;;;;;;;;;;1+1. The van der Waals surface area contributed by atoms with Gasteiger partial charge in [-0.1, -0.05) is 103 Å². The Labute approximate surface area is 759 Å². The summed E-state index contributed by atoms with van der Waals surface area (Å²) in [6, 6.07) is 45.3. The maximum atomic E-state index is 13.2. The van der Waals surface area contributed by atoms with Gasteiger partial charge in [0.2, 0.25) is 5.88 Å². The molecule has 8 aromatic rings. The Balaban J connectivity index is 0.000000242. The molecular formula is C91H116N9O20S7-. The van der Waals surface area contributed by atoms with Gasteiger partial charge in [0.15, 0.2) is 61.6 Å². The number of ether oxygens (including phenoxy) is 4. The summed E-state index contributed by atoms with van der Waals surface area (Å²) in [6.07, 6.45) is 17.2. The fourth-order valence-corrected chi connectivity index (χ4v) is 22.1. The number of fused-ring (bicyclic) bond motifs is 1. The van der Waals surface area contributed by atoms with Crippen LogP contribution in [0.3, 0.4) is 0 Å². The zero-order chi connectivity index (χ0) is 86.9. The number of amides is 1. The van der Waals surface area contributed by atoms with Crippen molar-refractivity contribution < 1.29 is 92.7 Å². The zero-order valence-electron chi connectivity index (χ0n) is 68.7. The lowest BCUT2D eigenvalue weighted by atomic mass is 10.1. The number of carbonyl (C=O) groups excluding carboxylic acids is 6. The number of sulfone groups is 4. The van der Waals surface area contributed by atoms with Crippen molar-refractivity contribution in [2.75, 3.05) is 73.0 Å². The van der Waals surface area contributed by atoms with Crippen LogP contribution in [0.5, 0.6) is 5.88 Å². The topological polar surface area (TPSA) is 398 Å². The third-order valence-corrected chi connectivity index (χ3v) is 33.0. The first kappa shape index (κ1) is 104. The van der Waals surface area contributed by atoms with Crippen molar-refractivity contribution in [3.8, 4) is 5.88 Å². The van der Waals surface area contributed by atoms with Gasteiger partial charge in [-0.3, -0.25) is 34.7 Å². The van der Waals surface area contributed by atoms with Crippen LogP contribution in [0.2, 0.25) is 0 Å². The minimum absolute atomic E-state index is 0. The van der Waals surface area contributed by atoms with Gasteiger partial charge in [-0.05, 0) is 219 Å². The molecule has 29 nitrogen and oxygen atoms in total. The van der Waals surface area contributed by atoms with E-state index in [1.165, 1.54) is 105 Å². The van der Waals surface area contributed by atoms with E-state index in [1.54, 1.807) is 84.9 Å². The number of aliphatic carboxylic acids is 1. The van der Waals surface area contributed by atoms with Gasteiger partial charge in [0.05, 0.1) is 69.0 Å². The Morgan fingerprint density at radius 1 is 0.394 bits per heavy atom. The van der Waals surface area contributed by atoms with Gasteiger partial charge in [0, 0.05) is 93.4 Å². The average Bonchev–Trinajstić information content (AvgIpc) is 1.65. The molecule has 2 aromatic heterocycles. The van der Waals surface area contributed by atoms with Crippen molar-refractivity contribution in [3.05, 3.63) is 192 Å². The number of rotatable bonds is 27. The number of methoxy groups -OCH3 is 4. The molecule has 5 heterocycles. The summed E-state index contributed by atoms with van der Waals surface area (Å²) < 4.78 is 116. The number of Topliss-reactive ketones (excluding diaryl/α,β-unsaturated/α-hetero) is 2. The second kappa shape index (κ2) is 47.2. The van der Waals surface area contributed by atoms with Crippen molar-refractivity contribution >= 4 is 148 Å². The number of carbonyl (C=O) groups is 7. The van der Waals surface area contributed by atoms with E-state index in [1.807, 2.05) is 45.7 Å². The maximum absolute atomic E-state index is 13.2. The summed E-state index contributed by atoms with van der Waals surface area (Å²) >= 11 is 5.07.